The quantitative estimate of drug-likeness (QED) is 0.877. The fourth-order valence-corrected chi connectivity index (χ4v) is 1.77. The van der Waals surface area contributed by atoms with E-state index in [4.69, 9.17) is 5.73 Å². The van der Waals surface area contributed by atoms with Crippen molar-refractivity contribution in [1.82, 2.24) is 9.55 Å². The van der Waals surface area contributed by atoms with Crippen LogP contribution in [0.2, 0.25) is 0 Å². The van der Waals surface area contributed by atoms with Crippen LogP contribution < -0.4 is 5.73 Å². The van der Waals surface area contributed by atoms with Gasteiger partial charge in [-0.05, 0) is 12.1 Å². The highest BCUT2D eigenvalue weighted by Gasteiger charge is 2.08. The van der Waals surface area contributed by atoms with Gasteiger partial charge in [0.1, 0.15) is 11.5 Å². The second-order valence-electron chi connectivity index (χ2n) is 3.43. The lowest BCUT2D eigenvalue weighted by atomic mass is 10.1. The molecule has 0 saturated carbocycles. The Balaban J connectivity index is 2.40. The number of hydrogen-bond acceptors (Lipinski definition) is 2. The van der Waals surface area contributed by atoms with E-state index in [1.54, 1.807) is 12.4 Å². The van der Waals surface area contributed by atoms with Crippen molar-refractivity contribution in [3.05, 3.63) is 47.7 Å². The Hall–Kier alpha value is -1.55. The van der Waals surface area contributed by atoms with Crippen LogP contribution in [0.1, 0.15) is 0 Å². The lowest BCUT2D eigenvalue weighted by molar-refractivity contribution is 0.833. The Morgan fingerprint density at radius 3 is 2.69 bits per heavy atom. The summed E-state index contributed by atoms with van der Waals surface area (Å²) in [5.41, 5.74) is 7.83. The summed E-state index contributed by atoms with van der Waals surface area (Å²) in [6.07, 6.45) is 3.53. The van der Waals surface area contributed by atoms with Crippen molar-refractivity contribution in [2.45, 2.75) is 6.54 Å². The fraction of sp³-hybridized carbons (Fsp3) is 0.0833. The van der Waals surface area contributed by atoms with Crippen LogP contribution in [0.4, 0.5) is 5.82 Å². The Labute approximate surface area is 103 Å². The predicted molar refractivity (Wildman–Crippen MR) is 70.0 cm³/mol. The van der Waals surface area contributed by atoms with Crippen molar-refractivity contribution in [2.24, 2.45) is 0 Å². The summed E-state index contributed by atoms with van der Waals surface area (Å²) in [7, 11) is 0. The molecule has 4 heteroatoms. The van der Waals surface area contributed by atoms with E-state index in [-0.39, 0.29) is 0 Å². The van der Waals surface area contributed by atoms with Gasteiger partial charge in [-0.1, -0.05) is 34.1 Å². The SMILES string of the molecule is C=CCn1cnc(-c2ccc(Br)cc2)c1N. The third-order valence-electron chi connectivity index (χ3n) is 2.32. The number of allylic oxidation sites excluding steroid dienone is 1. The van der Waals surface area contributed by atoms with Crippen LogP contribution in [0.5, 0.6) is 0 Å². The summed E-state index contributed by atoms with van der Waals surface area (Å²) in [5.74, 6) is 0.669. The van der Waals surface area contributed by atoms with Crippen LogP contribution >= 0.6 is 15.9 Å². The van der Waals surface area contributed by atoms with Gasteiger partial charge in [0.25, 0.3) is 0 Å². The number of imidazole rings is 1. The number of hydrogen-bond donors (Lipinski definition) is 1. The van der Waals surface area contributed by atoms with E-state index in [0.717, 1.165) is 15.7 Å². The number of rotatable bonds is 3. The van der Waals surface area contributed by atoms with Crippen molar-refractivity contribution in [1.29, 1.82) is 0 Å². The van der Waals surface area contributed by atoms with Crippen molar-refractivity contribution in [2.75, 3.05) is 5.73 Å². The molecule has 2 aromatic rings. The van der Waals surface area contributed by atoms with Crippen molar-refractivity contribution >= 4 is 21.7 Å². The Kier molecular flexibility index (Phi) is 3.10. The molecule has 0 bridgehead atoms. The second-order valence-corrected chi connectivity index (χ2v) is 4.34. The molecule has 0 fully saturated rings. The van der Waals surface area contributed by atoms with Gasteiger partial charge in [0.05, 0.1) is 6.33 Å². The highest BCUT2D eigenvalue weighted by atomic mass is 79.9. The molecule has 0 aliphatic rings. The molecular weight excluding hydrogens is 266 g/mol. The second kappa shape index (κ2) is 4.53. The molecule has 0 radical (unpaired) electrons. The van der Waals surface area contributed by atoms with Crippen LogP contribution in [0.3, 0.4) is 0 Å². The molecule has 0 aliphatic carbocycles. The average Bonchev–Trinajstić information content (AvgIpc) is 2.63. The minimum atomic E-state index is 0.669. The smallest absolute Gasteiger partial charge is 0.131 e. The van der Waals surface area contributed by atoms with Crippen LogP contribution in [0.25, 0.3) is 11.3 Å². The number of nitrogens with two attached hydrogens (primary N) is 1. The van der Waals surface area contributed by atoms with E-state index in [0.29, 0.717) is 12.4 Å². The Bertz CT molecular complexity index is 499. The van der Waals surface area contributed by atoms with Crippen molar-refractivity contribution < 1.29 is 0 Å². The molecular formula is C12H12BrN3. The molecule has 3 nitrogen and oxygen atoms in total. The number of nitrogens with zero attached hydrogens (tertiary/aromatic N) is 2. The minimum Gasteiger partial charge on any atom is -0.383 e. The van der Waals surface area contributed by atoms with E-state index in [1.807, 2.05) is 28.8 Å². The molecule has 0 spiro atoms. The maximum absolute atomic E-state index is 6.00. The lowest BCUT2D eigenvalue weighted by Gasteiger charge is -2.02. The normalized spacial score (nSPS) is 10.3. The maximum Gasteiger partial charge on any atom is 0.131 e. The van der Waals surface area contributed by atoms with Gasteiger partial charge in [-0.15, -0.1) is 6.58 Å². The number of halogens is 1. The molecule has 82 valence electrons. The number of anilines is 1. The van der Waals surface area contributed by atoms with Gasteiger partial charge in [0.15, 0.2) is 0 Å². The standard InChI is InChI=1S/C12H12BrN3/c1-2-7-16-8-15-11(12(16)14)9-3-5-10(13)6-4-9/h2-6,8H,1,7,14H2. The highest BCUT2D eigenvalue weighted by molar-refractivity contribution is 9.10. The molecule has 2 rings (SSSR count). The van der Waals surface area contributed by atoms with Crippen LogP contribution in [0.15, 0.2) is 47.7 Å². The van der Waals surface area contributed by atoms with Crippen LogP contribution in [0, 0.1) is 0 Å². The molecule has 0 unspecified atom stereocenters. The Morgan fingerprint density at radius 2 is 2.06 bits per heavy atom. The van der Waals surface area contributed by atoms with Gasteiger partial charge >= 0.3 is 0 Å². The first-order valence-corrected chi connectivity index (χ1v) is 5.69. The van der Waals surface area contributed by atoms with E-state index in [2.05, 4.69) is 27.5 Å². The van der Waals surface area contributed by atoms with Crippen LogP contribution in [-0.4, -0.2) is 9.55 Å². The van der Waals surface area contributed by atoms with Gasteiger partial charge in [0, 0.05) is 16.6 Å². The largest absolute Gasteiger partial charge is 0.383 e. The van der Waals surface area contributed by atoms with E-state index in [9.17, 15) is 0 Å². The monoisotopic (exact) mass is 277 g/mol. The van der Waals surface area contributed by atoms with Gasteiger partial charge in [-0.2, -0.15) is 0 Å². The van der Waals surface area contributed by atoms with E-state index >= 15 is 0 Å². The molecule has 2 N–H and O–H groups in total. The molecule has 1 heterocycles. The first-order valence-electron chi connectivity index (χ1n) is 4.90. The van der Waals surface area contributed by atoms with Crippen molar-refractivity contribution in [3.8, 4) is 11.3 Å². The van der Waals surface area contributed by atoms with Crippen molar-refractivity contribution in [3.63, 3.8) is 0 Å². The zero-order chi connectivity index (χ0) is 11.5. The summed E-state index contributed by atoms with van der Waals surface area (Å²) >= 11 is 3.40. The number of nitrogen functional groups attached to an aromatic ring is 1. The molecule has 16 heavy (non-hydrogen) atoms. The first kappa shape index (κ1) is 11.0. The number of aromatic nitrogens is 2. The lowest BCUT2D eigenvalue weighted by Crippen LogP contribution is -2.00. The summed E-state index contributed by atoms with van der Waals surface area (Å²) in [6, 6.07) is 7.92. The molecule has 0 atom stereocenters. The van der Waals surface area contributed by atoms with Gasteiger partial charge in [-0.25, -0.2) is 4.98 Å². The molecule has 1 aromatic heterocycles. The summed E-state index contributed by atoms with van der Waals surface area (Å²) < 4.78 is 2.91. The molecule has 0 aliphatic heterocycles. The summed E-state index contributed by atoms with van der Waals surface area (Å²) in [6.45, 7) is 4.36. The van der Waals surface area contributed by atoms with Crippen LogP contribution in [-0.2, 0) is 6.54 Å². The molecule has 1 aromatic carbocycles. The summed E-state index contributed by atoms with van der Waals surface area (Å²) in [4.78, 5) is 4.31. The maximum atomic E-state index is 6.00. The topological polar surface area (TPSA) is 43.8 Å². The minimum absolute atomic E-state index is 0.669. The zero-order valence-corrected chi connectivity index (χ0v) is 10.3. The molecule has 0 saturated heterocycles. The Morgan fingerprint density at radius 1 is 1.38 bits per heavy atom. The number of benzene rings is 1. The van der Waals surface area contributed by atoms with Gasteiger partial charge in [-0.3, -0.25) is 0 Å². The summed E-state index contributed by atoms with van der Waals surface area (Å²) in [5, 5.41) is 0. The zero-order valence-electron chi connectivity index (χ0n) is 8.73. The highest BCUT2D eigenvalue weighted by Crippen LogP contribution is 2.25. The van der Waals surface area contributed by atoms with E-state index in [1.165, 1.54) is 0 Å². The third-order valence-corrected chi connectivity index (χ3v) is 2.85. The first-order chi connectivity index (χ1) is 7.72. The third kappa shape index (κ3) is 2.02. The van der Waals surface area contributed by atoms with Gasteiger partial charge in [0.2, 0.25) is 0 Å². The molecule has 0 amide bonds. The average molecular weight is 278 g/mol. The van der Waals surface area contributed by atoms with E-state index < -0.39 is 0 Å². The van der Waals surface area contributed by atoms with Gasteiger partial charge < -0.3 is 10.3 Å². The predicted octanol–water partition coefficient (Wildman–Crippen LogP) is 3.08. The fourth-order valence-electron chi connectivity index (χ4n) is 1.51.